The minimum absolute atomic E-state index is 0.00693. The molecule has 0 saturated carbocycles. The highest BCUT2D eigenvalue weighted by molar-refractivity contribution is 7.18. The summed E-state index contributed by atoms with van der Waals surface area (Å²) in [5.41, 5.74) is 2.16. The van der Waals surface area contributed by atoms with Crippen LogP contribution < -0.4 is 10.9 Å². The summed E-state index contributed by atoms with van der Waals surface area (Å²) in [6.45, 7) is 0.506. The molecular formula is C21H22ClN3O2S. The summed E-state index contributed by atoms with van der Waals surface area (Å²) in [5.74, 6) is -0.182. The number of amides is 1. The lowest BCUT2D eigenvalue weighted by Crippen LogP contribution is -2.33. The minimum Gasteiger partial charge on any atom is -0.354 e. The van der Waals surface area contributed by atoms with Crippen molar-refractivity contribution in [3.8, 4) is 0 Å². The third-order valence-electron chi connectivity index (χ3n) is 5.15. The number of hydrogen-bond acceptors (Lipinski definition) is 4. The second-order valence-corrected chi connectivity index (χ2v) is 8.67. The largest absolute Gasteiger partial charge is 0.354 e. The van der Waals surface area contributed by atoms with E-state index in [2.05, 4.69) is 10.3 Å². The monoisotopic (exact) mass is 415 g/mol. The number of carbonyl (C=O) groups is 1. The summed E-state index contributed by atoms with van der Waals surface area (Å²) in [7, 11) is 0. The molecule has 0 bridgehead atoms. The van der Waals surface area contributed by atoms with Crippen molar-refractivity contribution in [1.29, 1.82) is 0 Å². The number of aryl methyl sites for hydroxylation is 2. The van der Waals surface area contributed by atoms with Crippen LogP contribution in [0.5, 0.6) is 0 Å². The number of aromatic nitrogens is 2. The topological polar surface area (TPSA) is 64.0 Å². The Kier molecular flexibility index (Phi) is 5.78. The molecule has 0 saturated heterocycles. The lowest BCUT2D eigenvalue weighted by atomic mass is 10.1. The Labute approximate surface area is 172 Å². The van der Waals surface area contributed by atoms with Gasteiger partial charge in [0.2, 0.25) is 5.91 Å². The van der Waals surface area contributed by atoms with Crippen LogP contribution in [0.3, 0.4) is 0 Å². The average molecular weight is 416 g/mol. The van der Waals surface area contributed by atoms with Gasteiger partial charge in [-0.1, -0.05) is 30.2 Å². The van der Waals surface area contributed by atoms with Gasteiger partial charge in [-0.2, -0.15) is 0 Å². The molecule has 28 heavy (non-hydrogen) atoms. The van der Waals surface area contributed by atoms with Gasteiger partial charge in [-0.3, -0.25) is 14.2 Å². The molecule has 0 spiro atoms. The molecule has 7 heteroatoms. The van der Waals surface area contributed by atoms with E-state index in [0.29, 0.717) is 18.0 Å². The highest BCUT2D eigenvalue weighted by atomic mass is 35.5. The van der Waals surface area contributed by atoms with E-state index in [4.69, 9.17) is 11.6 Å². The fourth-order valence-electron chi connectivity index (χ4n) is 3.68. The van der Waals surface area contributed by atoms with Crippen molar-refractivity contribution >= 4 is 39.1 Å². The number of halogens is 1. The van der Waals surface area contributed by atoms with E-state index in [0.717, 1.165) is 40.6 Å². The molecular weight excluding hydrogens is 394 g/mol. The Bertz CT molecular complexity index is 1060. The second kappa shape index (κ2) is 8.45. The molecule has 0 fully saturated rings. The first-order chi connectivity index (χ1) is 13.6. The van der Waals surface area contributed by atoms with Crippen LogP contribution in [0.4, 0.5) is 0 Å². The van der Waals surface area contributed by atoms with Gasteiger partial charge in [-0.05, 0) is 55.4 Å². The summed E-state index contributed by atoms with van der Waals surface area (Å²) >= 11 is 7.51. The van der Waals surface area contributed by atoms with Gasteiger partial charge in [0, 0.05) is 16.4 Å². The molecule has 0 radical (unpaired) electrons. The summed E-state index contributed by atoms with van der Waals surface area (Å²) in [5, 5.41) is 4.30. The average Bonchev–Trinajstić information content (AvgIpc) is 2.88. The maximum Gasteiger partial charge on any atom is 0.262 e. The smallest absolute Gasteiger partial charge is 0.262 e. The van der Waals surface area contributed by atoms with Gasteiger partial charge in [0.25, 0.3) is 5.56 Å². The van der Waals surface area contributed by atoms with Crippen molar-refractivity contribution in [2.24, 2.45) is 0 Å². The van der Waals surface area contributed by atoms with Gasteiger partial charge in [-0.15, -0.1) is 11.3 Å². The Balaban J connectivity index is 1.44. The predicted octanol–water partition coefficient (Wildman–Crippen LogP) is 3.74. The zero-order valence-corrected chi connectivity index (χ0v) is 17.1. The van der Waals surface area contributed by atoms with E-state index < -0.39 is 0 Å². The molecule has 0 atom stereocenters. The number of nitrogens with one attached hydrogen (secondary N) is 1. The Morgan fingerprint density at radius 1 is 1.18 bits per heavy atom. The third-order valence-corrected chi connectivity index (χ3v) is 6.61. The van der Waals surface area contributed by atoms with Crippen LogP contribution in [0.2, 0.25) is 5.02 Å². The zero-order valence-electron chi connectivity index (χ0n) is 15.5. The summed E-state index contributed by atoms with van der Waals surface area (Å²) in [6, 6.07) is 7.56. The molecule has 1 aliphatic rings. The van der Waals surface area contributed by atoms with Gasteiger partial charge in [0.05, 0.1) is 11.7 Å². The SMILES string of the molecule is O=C(Cn1cnc2sc3c(c2c1=O)CCCCC3)NCCc1ccc(Cl)cc1. The van der Waals surface area contributed by atoms with Gasteiger partial charge in [0.15, 0.2) is 0 Å². The normalized spacial score (nSPS) is 13.9. The number of thiophene rings is 1. The van der Waals surface area contributed by atoms with Crippen molar-refractivity contribution in [1.82, 2.24) is 14.9 Å². The van der Waals surface area contributed by atoms with Crippen LogP contribution in [0.1, 0.15) is 35.3 Å². The van der Waals surface area contributed by atoms with Crippen molar-refractivity contribution in [2.45, 2.75) is 45.1 Å². The predicted molar refractivity (Wildman–Crippen MR) is 113 cm³/mol. The molecule has 0 aliphatic heterocycles. The third kappa shape index (κ3) is 4.13. The van der Waals surface area contributed by atoms with Crippen LogP contribution in [0.15, 0.2) is 35.4 Å². The van der Waals surface area contributed by atoms with Gasteiger partial charge >= 0.3 is 0 Å². The van der Waals surface area contributed by atoms with E-state index >= 15 is 0 Å². The lowest BCUT2D eigenvalue weighted by Gasteiger charge is -2.08. The molecule has 0 unspecified atom stereocenters. The number of fused-ring (bicyclic) bond motifs is 3. The first-order valence-corrected chi connectivity index (χ1v) is 10.8. The van der Waals surface area contributed by atoms with Crippen LogP contribution in [0, 0.1) is 0 Å². The number of carbonyl (C=O) groups excluding carboxylic acids is 1. The standard InChI is InChI=1S/C21H22ClN3O2S/c22-15-8-6-14(7-9-15)10-11-23-18(26)12-25-13-24-20-19(21(25)27)16-4-2-1-3-5-17(16)28-20/h6-9,13H,1-5,10-12H2,(H,23,26). The minimum atomic E-state index is -0.182. The van der Waals surface area contributed by atoms with E-state index in [1.807, 2.05) is 24.3 Å². The van der Waals surface area contributed by atoms with Gasteiger partial charge in [0.1, 0.15) is 11.4 Å². The molecule has 4 rings (SSSR count). The molecule has 1 aromatic carbocycles. The molecule has 1 aliphatic carbocycles. The molecule has 1 amide bonds. The Hall–Kier alpha value is -2.18. The maximum absolute atomic E-state index is 13.0. The first kappa shape index (κ1) is 19.2. The molecule has 5 nitrogen and oxygen atoms in total. The van der Waals surface area contributed by atoms with Crippen molar-refractivity contribution in [3.05, 3.63) is 62.0 Å². The molecule has 2 heterocycles. The number of benzene rings is 1. The van der Waals surface area contributed by atoms with Crippen LogP contribution in [-0.4, -0.2) is 22.0 Å². The molecule has 1 N–H and O–H groups in total. The second-order valence-electron chi connectivity index (χ2n) is 7.15. The van der Waals surface area contributed by atoms with Crippen LogP contribution in [-0.2, 0) is 30.6 Å². The van der Waals surface area contributed by atoms with Crippen molar-refractivity contribution in [3.63, 3.8) is 0 Å². The molecule has 146 valence electrons. The summed E-state index contributed by atoms with van der Waals surface area (Å²) < 4.78 is 1.43. The fraction of sp³-hybridized carbons (Fsp3) is 0.381. The zero-order chi connectivity index (χ0) is 19.5. The first-order valence-electron chi connectivity index (χ1n) is 9.62. The van der Waals surface area contributed by atoms with Gasteiger partial charge in [-0.25, -0.2) is 4.98 Å². The maximum atomic E-state index is 13.0. The fourth-order valence-corrected chi connectivity index (χ4v) is 5.02. The Morgan fingerprint density at radius 2 is 1.96 bits per heavy atom. The van der Waals surface area contributed by atoms with E-state index in [-0.39, 0.29) is 18.0 Å². The summed E-state index contributed by atoms with van der Waals surface area (Å²) in [6.07, 6.45) is 7.66. The highest BCUT2D eigenvalue weighted by Gasteiger charge is 2.19. The Morgan fingerprint density at radius 3 is 2.79 bits per heavy atom. The quantitative estimate of drug-likeness (QED) is 0.645. The molecule has 2 aromatic heterocycles. The van der Waals surface area contributed by atoms with E-state index in [1.54, 1.807) is 11.3 Å². The van der Waals surface area contributed by atoms with Crippen LogP contribution >= 0.6 is 22.9 Å². The van der Waals surface area contributed by atoms with Crippen molar-refractivity contribution < 1.29 is 4.79 Å². The van der Waals surface area contributed by atoms with Gasteiger partial charge < -0.3 is 5.32 Å². The lowest BCUT2D eigenvalue weighted by molar-refractivity contribution is -0.121. The molecule has 3 aromatic rings. The number of nitrogens with zero attached hydrogens (tertiary/aromatic N) is 2. The number of hydrogen-bond donors (Lipinski definition) is 1. The van der Waals surface area contributed by atoms with E-state index in [1.165, 1.54) is 28.6 Å². The highest BCUT2D eigenvalue weighted by Crippen LogP contribution is 2.32. The van der Waals surface area contributed by atoms with Crippen LogP contribution in [0.25, 0.3) is 10.2 Å². The van der Waals surface area contributed by atoms with Crippen molar-refractivity contribution in [2.75, 3.05) is 6.54 Å². The summed E-state index contributed by atoms with van der Waals surface area (Å²) in [4.78, 5) is 31.8. The van der Waals surface area contributed by atoms with E-state index in [9.17, 15) is 9.59 Å². The number of rotatable bonds is 5.